The number of halogens is 2. The molecule has 0 aliphatic carbocycles. The lowest BCUT2D eigenvalue weighted by Gasteiger charge is -2.17. The maximum atomic E-state index is 11.3. The average Bonchev–Trinajstić information content (AvgIpc) is 2.45. The fourth-order valence-electron chi connectivity index (χ4n) is 2.01. The Morgan fingerprint density at radius 3 is 2.40 bits per heavy atom. The number of hydrogen-bond acceptors (Lipinski definition) is 1. The van der Waals surface area contributed by atoms with Crippen molar-refractivity contribution in [3.63, 3.8) is 0 Å². The first kappa shape index (κ1) is 10.8. The Labute approximate surface area is 98.6 Å². The third kappa shape index (κ3) is 1.97. The molecule has 1 heterocycles. The van der Waals surface area contributed by atoms with Crippen LogP contribution in [0.15, 0.2) is 18.2 Å². The standard InChI is InChI=1S/C11H11Cl2NO/c1-6-7(5-10(15)14-6)11-8(12)3-2-4-9(11)13/h2-4,6-7H,5H2,1H3,(H,14,15). The summed E-state index contributed by atoms with van der Waals surface area (Å²) in [6, 6.07) is 5.51. The molecule has 0 saturated carbocycles. The van der Waals surface area contributed by atoms with Gasteiger partial charge in [0.2, 0.25) is 5.91 Å². The van der Waals surface area contributed by atoms with Crippen LogP contribution in [0.3, 0.4) is 0 Å². The molecule has 1 saturated heterocycles. The van der Waals surface area contributed by atoms with Crippen molar-refractivity contribution in [1.29, 1.82) is 0 Å². The highest BCUT2D eigenvalue weighted by Gasteiger charge is 2.32. The summed E-state index contributed by atoms with van der Waals surface area (Å²) in [7, 11) is 0. The van der Waals surface area contributed by atoms with Crippen molar-refractivity contribution in [1.82, 2.24) is 5.32 Å². The Balaban J connectivity index is 2.41. The first-order valence-corrected chi connectivity index (χ1v) is 5.58. The number of carbonyl (C=O) groups is 1. The van der Waals surface area contributed by atoms with Gasteiger partial charge in [0.25, 0.3) is 0 Å². The minimum atomic E-state index is 0.0588. The molecule has 1 aromatic carbocycles. The highest BCUT2D eigenvalue weighted by molar-refractivity contribution is 6.36. The van der Waals surface area contributed by atoms with E-state index in [1.165, 1.54) is 0 Å². The number of nitrogens with one attached hydrogen (secondary N) is 1. The third-order valence-electron chi connectivity index (χ3n) is 2.77. The zero-order chi connectivity index (χ0) is 11.0. The van der Waals surface area contributed by atoms with Crippen LogP contribution in [0.1, 0.15) is 24.8 Å². The first-order valence-electron chi connectivity index (χ1n) is 4.83. The Bertz CT molecular complexity index is 385. The van der Waals surface area contributed by atoms with E-state index < -0.39 is 0 Å². The molecule has 2 atom stereocenters. The van der Waals surface area contributed by atoms with Crippen LogP contribution >= 0.6 is 23.2 Å². The van der Waals surface area contributed by atoms with Crippen molar-refractivity contribution in [2.24, 2.45) is 0 Å². The van der Waals surface area contributed by atoms with E-state index in [0.29, 0.717) is 16.5 Å². The summed E-state index contributed by atoms with van der Waals surface area (Å²) >= 11 is 12.2. The Hall–Kier alpha value is -0.730. The van der Waals surface area contributed by atoms with Crippen LogP contribution in [-0.2, 0) is 4.79 Å². The summed E-state index contributed by atoms with van der Waals surface area (Å²) in [6.07, 6.45) is 0.463. The topological polar surface area (TPSA) is 29.1 Å². The van der Waals surface area contributed by atoms with Gasteiger partial charge in [0.1, 0.15) is 0 Å². The van der Waals surface area contributed by atoms with Crippen molar-refractivity contribution >= 4 is 29.1 Å². The highest BCUT2D eigenvalue weighted by atomic mass is 35.5. The smallest absolute Gasteiger partial charge is 0.220 e. The van der Waals surface area contributed by atoms with Crippen molar-refractivity contribution in [3.8, 4) is 0 Å². The van der Waals surface area contributed by atoms with Crippen LogP contribution in [0, 0.1) is 0 Å². The summed E-state index contributed by atoms with van der Waals surface area (Å²) in [6.45, 7) is 1.97. The molecule has 15 heavy (non-hydrogen) atoms. The van der Waals surface area contributed by atoms with Gasteiger partial charge in [-0.15, -0.1) is 0 Å². The summed E-state index contributed by atoms with van der Waals surface area (Å²) in [4.78, 5) is 11.3. The van der Waals surface area contributed by atoms with Crippen LogP contribution in [0.4, 0.5) is 0 Å². The summed E-state index contributed by atoms with van der Waals surface area (Å²) in [5, 5.41) is 4.13. The lowest BCUT2D eigenvalue weighted by molar-refractivity contribution is -0.119. The zero-order valence-electron chi connectivity index (χ0n) is 8.26. The number of carbonyl (C=O) groups excluding carboxylic acids is 1. The van der Waals surface area contributed by atoms with Crippen molar-refractivity contribution in [2.75, 3.05) is 0 Å². The van der Waals surface area contributed by atoms with Gasteiger partial charge in [0.05, 0.1) is 0 Å². The molecule has 1 aliphatic heterocycles. The van der Waals surface area contributed by atoms with Crippen LogP contribution in [0.5, 0.6) is 0 Å². The zero-order valence-corrected chi connectivity index (χ0v) is 9.77. The number of amides is 1. The van der Waals surface area contributed by atoms with E-state index >= 15 is 0 Å². The van der Waals surface area contributed by atoms with Gasteiger partial charge in [-0.1, -0.05) is 29.3 Å². The summed E-state index contributed by atoms with van der Waals surface area (Å²) in [5.41, 5.74) is 0.881. The molecule has 1 aliphatic rings. The molecule has 1 aromatic rings. The monoisotopic (exact) mass is 243 g/mol. The van der Waals surface area contributed by atoms with Crippen LogP contribution in [0.25, 0.3) is 0 Å². The molecule has 0 bridgehead atoms. The fraction of sp³-hybridized carbons (Fsp3) is 0.364. The number of hydrogen-bond donors (Lipinski definition) is 1. The van der Waals surface area contributed by atoms with Crippen LogP contribution in [0.2, 0.25) is 10.0 Å². The molecule has 4 heteroatoms. The molecule has 2 nitrogen and oxygen atoms in total. The lowest BCUT2D eigenvalue weighted by Crippen LogP contribution is -2.24. The van der Waals surface area contributed by atoms with Gasteiger partial charge in [-0.2, -0.15) is 0 Å². The van der Waals surface area contributed by atoms with Crippen LogP contribution in [-0.4, -0.2) is 11.9 Å². The number of rotatable bonds is 1. The molecular formula is C11H11Cl2NO. The highest BCUT2D eigenvalue weighted by Crippen LogP contribution is 2.37. The summed E-state index contributed by atoms with van der Waals surface area (Å²) < 4.78 is 0. The fourth-order valence-corrected chi connectivity index (χ4v) is 2.68. The van der Waals surface area contributed by atoms with E-state index in [2.05, 4.69) is 5.32 Å². The first-order chi connectivity index (χ1) is 7.09. The van der Waals surface area contributed by atoms with E-state index in [9.17, 15) is 4.79 Å². The van der Waals surface area contributed by atoms with E-state index in [4.69, 9.17) is 23.2 Å². The lowest BCUT2D eigenvalue weighted by atomic mass is 9.93. The molecule has 1 fully saturated rings. The second-order valence-corrected chi connectivity index (χ2v) is 4.62. The van der Waals surface area contributed by atoms with Gasteiger partial charge in [0, 0.05) is 28.4 Å². The maximum absolute atomic E-state index is 11.3. The SMILES string of the molecule is CC1NC(=O)CC1c1c(Cl)cccc1Cl. The van der Waals surface area contributed by atoms with Gasteiger partial charge in [-0.05, 0) is 24.6 Å². The van der Waals surface area contributed by atoms with E-state index in [0.717, 1.165) is 5.56 Å². The molecule has 1 N–H and O–H groups in total. The Morgan fingerprint density at radius 2 is 1.93 bits per heavy atom. The van der Waals surface area contributed by atoms with Gasteiger partial charge in [-0.3, -0.25) is 4.79 Å². The minimum absolute atomic E-state index is 0.0588. The largest absolute Gasteiger partial charge is 0.353 e. The quantitative estimate of drug-likeness (QED) is 0.808. The molecule has 1 amide bonds. The van der Waals surface area contributed by atoms with Crippen molar-refractivity contribution < 1.29 is 4.79 Å². The number of benzene rings is 1. The second-order valence-electron chi connectivity index (χ2n) is 3.80. The van der Waals surface area contributed by atoms with E-state index in [-0.39, 0.29) is 17.9 Å². The molecule has 0 spiro atoms. The Morgan fingerprint density at radius 1 is 1.33 bits per heavy atom. The minimum Gasteiger partial charge on any atom is -0.353 e. The van der Waals surface area contributed by atoms with Gasteiger partial charge >= 0.3 is 0 Å². The average molecular weight is 244 g/mol. The molecule has 80 valence electrons. The van der Waals surface area contributed by atoms with E-state index in [1.807, 2.05) is 13.0 Å². The van der Waals surface area contributed by atoms with Gasteiger partial charge < -0.3 is 5.32 Å². The molecule has 0 radical (unpaired) electrons. The second kappa shape index (κ2) is 4.03. The predicted molar refractivity (Wildman–Crippen MR) is 61.4 cm³/mol. The molecule has 2 rings (SSSR count). The molecule has 2 unspecified atom stereocenters. The van der Waals surface area contributed by atoms with Crippen molar-refractivity contribution in [2.45, 2.75) is 25.3 Å². The third-order valence-corrected chi connectivity index (χ3v) is 3.43. The summed E-state index contributed by atoms with van der Waals surface area (Å²) in [5.74, 6) is 0.141. The van der Waals surface area contributed by atoms with Crippen molar-refractivity contribution in [3.05, 3.63) is 33.8 Å². The molecule has 0 aromatic heterocycles. The van der Waals surface area contributed by atoms with Crippen LogP contribution < -0.4 is 5.32 Å². The molecular weight excluding hydrogens is 233 g/mol. The van der Waals surface area contributed by atoms with E-state index in [1.54, 1.807) is 12.1 Å². The predicted octanol–water partition coefficient (Wildman–Crippen LogP) is 2.99. The normalized spacial score (nSPS) is 25.4. The Kier molecular flexibility index (Phi) is 2.89. The van der Waals surface area contributed by atoms with Gasteiger partial charge in [0.15, 0.2) is 0 Å². The maximum Gasteiger partial charge on any atom is 0.220 e. The van der Waals surface area contributed by atoms with Gasteiger partial charge in [-0.25, -0.2) is 0 Å².